The molecule has 2 rings (SSSR count). The van der Waals surface area contributed by atoms with Crippen molar-refractivity contribution < 1.29 is 27.1 Å². The van der Waals surface area contributed by atoms with Crippen molar-refractivity contribution in [2.75, 3.05) is 13.2 Å². The Labute approximate surface area is 129 Å². The van der Waals surface area contributed by atoms with Crippen LogP contribution < -0.4 is 10.1 Å². The Morgan fingerprint density at radius 2 is 1.61 bits per heavy atom. The fraction of sp³-hybridized carbons (Fsp3) is 0.188. The van der Waals surface area contributed by atoms with Gasteiger partial charge in [-0.05, 0) is 48.5 Å². The van der Waals surface area contributed by atoms with Crippen LogP contribution in [0.15, 0.2) is 48.5 Å². The highest BCUT2D eigenvalue weighted by Crippen LogP contribution is 2.29. The molecule has 3 nitrogen and oxygen atoms in total. The summed E-state index contributed by atoms with van der Waals surface area (Å²) in [5.41, 5.74) is -0.687. The third kappa shape index (κ3) is 4.98. The summed E-state index contributed by atoms with van der Waals surface area (Å²) in [5, 5.41) is 2.52. The van der Waals surface area contributed by atoms with Crippen LogP contribution in [0.2, 0.25) is 0 Å². The summed E-state index contributed by atoms with van der Waals surface area (Å²) in [6, 6.07) is 9.32. The molecule has 0 spiro atoms. The monoisotopic (exact) mass is 327 g/mol. The minimum absolute atomic E-state index is 0.125. The first-order chi connectivity index (χ1) is 10.9. The molecular formula is C16H13F4NO2. The van der Waals surface area contributed by atoms with E-state index in [9.17, 15) is 22.4 Å². The van der Waals surface area contributed by atoms with Crippen LogP contribution in [0.3, 0.4) is 0 Å². The summed E-state index contributed by atoms with van der Waals surface area (Å²) in [6.45, 7) is 0.315. The van der Waals surface area contributed by atoms with E-state index in [2.05, 4.69) is 5.32 Å². The zero-order valence-corrected chi connectivity index (χ0v) is 11.9. The topological polar surface area (TPSA) is 38.3 Å². The van der Waals surface area contributed by atoms with Crippen LogP contribution in [0.5, 0.6) is 5.75 Å². The second-order valence-electron chi connectivity index (χ2n) is 4.63. The van der Waals surface area contributed by atoms with Gasteiger partial charge >= 0.3 is 6.18 Å². The predicted octanol–water partition coefficient (Wildman–Crippen LogP) is 3.65. The number of carbonyl (C=O) groups is 1. The van der Waals surface area contributed by atoms with Crippen molar-refractivity contribution in [1.82, 2.24) is 5.32 Å². The maximum Gasteiger partial charge on any atom is 0.416 e. The molecule has 1 N–H and O–H groups in total. The molecule has 1 amide bonds. The van der Waals surface area contributed by atoms with Crippen LogP contribution in [0, 0.1) is 5.82 Å². The molecule has 0 saturated carbocycles. The maximum atomic E-state index is 12.7. The summed E-state index contributed by atoms with van der Waals surface area (Å²) >= 11 is 0. The third-order valence-corrected chi connectivity index (χ3v) is 2.94. The lowest BCUT2D eigenvalue weighted by molar-refractivity contribution is -0.137. The molecule has 2 aromatic carbocycles. The summed E-state index contributed by atoms with van der Waals surface area (Å²) < 4.78 is 55.2. The summed E-state index contributed by atoms with van der Waals surface area (Å²) in [5.74, 6) is -0.426. The van der Waals surface area contributed by atoms with Gasteiger partial charge in [0.1, 0.15) is 18.2 Å². The Morgan fingerprint density at radius 1 is 1.00 bits per heavy atom. The van der Waals surface area contributed by atoms with E-state index in [1.165, 1.54) is 24.3 Å². The summed E-state index contributed by atoms with van der Waals surface area (Å²) in [6.07, 6.45) is -4.43. The highest BCUT2D eigenvalue weighted by molar-refractivity contribution is 5.94. The Kier molecular flexibility index (Phi) is 5.20. The highest BCUT2D eigenvalue weighted by atomic mass is 19.4. The fourth-order valence-corrected chi connectivity index (χ4v) is 1.78. The molecule has 2 aromatic rings. The zero-order chi connectivity index (χ0) is 16.9. The molecular weight excluding hydrogens is 314 g/mol. The van der Waals surface area contributed by atoms with Crippen molar-refractivity contribution in [3.8, 4) is 5.75 Å². The lowest BCUT2D eigenvalue weighted by Crippen LogP contribution is -2.28. The van der Waals surface area contributed by atoms with Crippen LogP contribution in [-0.4, -0.2) is 19.1 Å². The standard InChI is InChI=1S/C16H13F4NO2/c17-13-5-7-14(8-6-13)23-10-9-21-15(22)11-1-3-12(4-2-11)16(18,19)20/h1-8H,9-10H2,(H,21,22). The van der Waals surface area contributed by atoms with Gasteiger partial charge < -0.3 is 10.1 Å². The number of rotatable bonds is 5. The van der Waals surface area contributed by atoms with Crippen molar-refractivity contribution in [1.29, 1.82) is 0 Å². The molecule has 0 unspecified atom stereocenters. The van der Waals surface area contributed by atoms with E-state index in [1.54, 1.807) is 0 Å². The number of amides is 1. The Hall–Kier alpha value is -2.57. The van der Waals surface area contributed by atoms with E-state index in [0.717, 1.165) is 24.3 Å². The number of hydrogen-bond donors (Lipinski definition) is 1. The Balaban J connectivity index is 1.79. The number of carbonyl (C=O) groups excluding carboxylic acids is 1. The number of alkyl halides is 3. The summed E-state index contributed by atoms with van der Waals surface area (Å²) in [4.78, 5) is 11.8. The van der Waals surface area contributed by atoms with Gasteiger partial charge in [-0.15, -0.1) is 0 Å². The lowest BCUT2D eigenvalue weighted by Gasteiger charge is -2.09. The molecule has 23 heavy (non-hydrogen) atoms. The van der Waals surface area contributed by atoms with Crippen LogP contribution in [0.4, 0.5) is 17.6 Å². The van der Waals surface area contributed by atoms with E-state index < -0.39 is 17.6 Å². The van der Waals surface area contributed by atoms with Crippen LogP contribution in [0.1, 0.15) is 15.9 Å². The average molecular weight is 327 g/mol. The van der Waals surface area contributed by atoms with Gasteiger partial charge in [0.15, 0.2) is 0 Å². The first-order valence-corrected chi connectivity index (χ1v) is 6.70. The number of benzene rings is 2. The number of hydrogen-bond acceptors (Lipinski definition) is 2. The van der Waals surface area contributed by atoms with Gasteiger partial charge in [0.2, 0.25) is 0 Å². The van der Waals surface area contributed by atoms with Crippen LogP contribution in [-0.2, 0) is 6.18 Å². The molecule has 0 atom stereocenters. The molecule has 7 heteroatoms. The van der Waals surface area contributed by atoms with Gasteiger partial charge in [0, 0.05) is 5.56 Å². The van der Waals surface area contributed by atoms with Gasteiger partial charge in [-0.1, -0.05) is 0 Å². The third-order valence-electron chi connectivity index (χ3n) is 2.94. The Bertz CT molecular complexity index is 651. The first kappa shape index (κ1) is 16.8. The van der Waals surface area contributed by atoms with Crippen molar-refractivity contribution >= 4 is 5.91 Å². The largest absolute Gasteiger partial charge is 0.492 e. The van der Waals surface area contributed by atoms with E-state index in [-0.39, 0.29) is 24.5 Å². The Morgan fingerprint density at radius 3 is 2.17 bits per heavy atom. The molecule has 0 aliphatic carbocycles. The highest BCUT2D eigenvalue weighted by Gasteiger charge is 2.30. The zero-order valence-electron chi connectivity index (χ0n) is 11.9. The van der Waals surface area contributed by atoms with Crippen molar-refractivity contribution in [3.63, 3.8) is 0 Å². The van der Waals surface area contributed by atoms with E-state index in [0.29, 0.717) is 5.75 Å². The normalized spacial score (nSPS) is 11.1. The summed E-state index contributed by atoms with van der Waals surface area (Å²) in [7, 11) is 0. The minimum Gasteiger partial charge on any atom is -0.492 e. The molecule has 0 aliphatic heterocycles. The minimum atomic E-state index is -4.43. The molecule has 0 radical (unpaired) electrons. The molecule has 0 fully saturated rings. The lowest BCUT2D eigenvalue weighted by atomic mass is 10.1. The molecule has 0 aliphatic rings. The van der Waals surface area contributed by atoms with Gasteiger partial charge in [-0.3, -0.25) is 4.79 Å². The number of halogens is 4. The molecule has 122 valence electrons. The van der Waals surface area contributed by atoms with E-state index >= 15 is 0 Å². The van der Waals surface area contributed by atoms with E-state index in [1.807, 2.05) is 0 Å². The number of ether oxygens (including phenoxy) is 1. The molecule has 0 heterocycles. The number of nitrogens with one attached hydrogen (secondary N) is 1. The first-order valence-electron chi connectivity index (χ1n) is 6.70. The van der Waals surface area contributed by atoms with Crippen molar-refractivity contribution in [2.45, 2.75) is 6.18 Å². The van der Waals surface area contributed by atoms with Crippen LogP contribution in [0.25, 0.3) is 0 Å². The quantitative estimate of drug-likeness (QED) is 0.672. The fourth-order valence-electron chi connectivity index (χ4n) is 1.78. The molecule has 0 bridgehead atoms. The molecule has 0 aromatic heterocycles. The average Bonchev–Trinajstić information content (AvgIpc) is 2.52. The van der Waals surface area contributed by atoms with Crippen molar-refractivity contribution in [3.05, 3.63) is 65.5 Å². The smallest absolute Gasteiger partial charge is 0.416 e. The van der Waals surface area contributed by atoms with E-state index in [4.69, 9.17) is 4.74 Å². The predicted molar refractivity (Wildman–Crippen MR) is 75.7 cm³/mol. The molecule has 0 saturated heterocycles. The second kappa shape index (κ2) is 7.13. The van der Waals surface area contributed by atoms with Gasteiger partial charge in [0.25, 0.3) is 5.91 Å². The van der Waals surface area contributed by atoms with Crippen LogP contribution >= 0.6 is 0 Å². The van der Waals surface area contributed by atoms with Gasteiger partial charge in [-0.2, -0.15) is 13.2 Å². The maximum absolute atomic E-state index is 12.7. The SMILES string of the molecule is O=C(NCCOc1ccc(F)cc1)c1ccc(C(F)(F)F)cc1. The van der Waals surface area contributed by atoms with Gasteiger partial charge in [0.05, 0.1) is 12.1 Å². The second-order valence-corrected chi connectivity index (χ2v) is 4.63. The van der Waals surface area contributed by atoms with Gasteiger partial charge in [-0.25, -0.2) is 4.39 Å². The van der Waals surface area contributed by atoms with Crippen molar-refractivity contribution in [2.24, 2.45) is 0 Å².